The van der Waals surface area contributed by atoms with Gasteiger partial charge < -0.3 is 30.3 Å². The van der Waals surface area contributed by atoms with Gasteiger partial charge in [-0.05, 0) is 44.4 Å². The van der Waals surface area contributed by atoms with Crippen LogP contribution in [-0.4, -0.2) is 68.3 Å². The van der Waals surface area contributed by atoms with E-state index in [-0.39, 0.29) is 24.0 Å². The van der Waals surface area contributed by atoms with E-state index in [0.717, 1.165) is 0 Å². The third-order valence-corrected chi connectivity index (χ3v) is 5.50. The van der Waals surface area contributed by atoms with Gasteiger partial charge in [-0.15, -0.1) is 0 Å². The van der Waals surface area contributed by atoms with Crippen LogP contribution < -0.4 is 0 Å². The van der Waals surface area contributed by atoms with Crippen molar-refractivity contribution in [3.8, 4) is 0 Å². The van der Waals surface area contributed by atoms with Crippen LogP contribution in [0.5, 0.6) is 0 Å². The van der Waals surface area contributed by atoms with Gasteiger partial charge in [0, 0.05) is 5.92 Å². The third-order valence-electron chi connectivity index (χ3n) is 5.50. The van der Waals surface area contributed by atoms with Crippen LogP contribution in [-0.2, 0) is 4.74 Å². The molecule has 0 radical (unpaired) electrons. The van der Waals surface area contributed by atoms with Crippen LogP contribution in [0.15, 0.2) is 0 Å². The molecule has 6 heteroatoms. The molecule has 0 amide bonds. The summed E-state index contributed by atoms with van der Waals surface area (Å²) in [5.74, 6) is -0.116. The Morgan fingerprint density at radius 2 is 1.43 bits per heavy atom. The van der Waals surface area contributed by atoms with Crippen molar-refractivity contribution in [3.63, 3.8) is 0 Å². The Labute approximate surface area is 124 Å². The Morgan fingerprint density at radius 1 is 0.667 bits per heavy atom. The highest BCUT2D eigenvalue weighted by molar-refractivity contribution is 4.97. The van der Waals surface area contributed by atoms with E-state index in [1.165, 1.54) is 0 Å². The molecule has 3 aliphatic rings. The van der Waals surface area contributed by atoms with Gasteiger partial charge in [0.05, 0.1) is 42.7 Å². The fourth-order valence-corrected chi connectivity index (χ4v) is 4.30. The normalized spacial score (nSPS) is 55.0. The monoisotopic (exact) mass is 302 g/mol. The van der Waals surface area contributed by atoms with E-state index in [0.29, 0.717) is 38.5 Å². The van der Waals surface area contributed by atoms with Gasteiger partial charge in [0.1, 0.15) is 0 Å². The molecule has 0 spiro atoms. The summed E-state index contributed by atoms with van der Waals surface area (Å²) in [6, 6.07) is 0. The molecular weight excluding hydrogens is 276 g/mol. The zero-order valence-electron chi connectivity index (χ0n) is 12.1. The van der Waals surface area contributed by atoms with Gasteiger partial charge in [-0.1, -0.05) is 0 Å². The summed E-state index contributed by atoms with van der Waals surface area (Å²) in [4.78, 5) is 0. The van der Waals surface area contributed by atoms with Crippen LogP contribution in [0.4, 0.5) is 0 Å². The Kier molecular flexibility index (Phi) is 4.55. The Balaban J connectivity index is 1.67. The standard InChI is InChI=1S/C15H26O6/c16-8-4-11(18)9-6-13(20)15(21-14(9)5-8)7-1-2-10(17)12(19)3-7/h7-20H,1-6H2. The highest BCUT2D eigenvalue weighted by Gasteiger charge is 2.47. The Bertz CT molecular complexity index is 364. The number of aliphatic hydroxyl groups excluding tert-OH is 5. The fraction of sp³-hybridized carbons (Fsp3) is 1.00. The average Bonchev–Trinajstić information content (AvgIpc) is 2.42. The molecule has 0 aromatic rings. The zero-order chi connectivity index (χ0) is 15.1. The Hall–Kier alpha value is -0.240. The minimum absolute atomic E-state index is 0.00978. The first-order valence-corrected chi connectivity index (χ1v) is 8.01. The molecular formula is C15H26O6. The van der Waals surface area contributed by atoms with Crippen molar-refractivity contribution in [1.82, 2.24) is 0 Å². The largest absolute Gasteiger partial charge is 0.393 e. The molecule has 2 aliphatic carbocycles. The predicted octanol–water partition coefficient (Wildman–Crippen LogP) is -0.842. The highest BCUT2D eigenvalue weighted by atomic mass is 16.5. The molecule has 0 aromatic carbocycles. The van der Waals surface area contributed by atoms with Crippen LogP contribution in [0.25, 0.3) is 0 Å². The lowest BCUT2D eigenvalue weighted by atomic mass is 9.72. The first kappa shape index (κ1) is 15.6. The molecule has 3 rings (SSSR count). The number of aliphatic hydroxyl groups is 5. The quantitative estimate of drug-likeness (QED) is 0.432. The second kappa shape index (κ2) is 6.10. The minimum Gasteiger partial charge on any atom is -0.393 e. The second-order valence-corrected chi connectivity index (χ2v) is 7.01. The molecule has 9 atom stereocenters. The number of hydrogen-bond donors (Lipinski definition) is 5. The SMILES string of the molecule is OC1CC(O)C2CC(O)C(C3CCC(O)C(O)C3)OC2C1. The molecule has 5 N–H and O–H groups in total. The second-order valence-electron chi connectivity index (χ2n) is 7.01. The lowest BCUT2D eigenvalue weighted by molar-refractivity contribution is -0.215. The summed E-state index contributed by atoms with van der Waals surface area (Å²) < 4.78 is 6.00. The molecule has 6 nitrogen and oxygen atoms in total. The molecule has 0 aromatic heterocycles. The number of hydrogen-bond acceptors (Lipinski definition) is 6. The van der Waals surface area contributed by atoms with E-state index in [1.54, 1.807) is 0 Å². The molecule has 122 valence electrons. The summed E-state index contributed by atoms with van der Waals surface area (Å²) in [5.41, 5.74) is 0. The van der Waals surface area contributed by atoms with Gasteiger partial charge in [-0.3, -0.25) is 0 Å². The molecule has 1 saturated heterocycles. The van der Waals surface area contributed by atoms with Crippen molar-refractivity contribution < 1.29 is 30.3 Å². The molecule has 21 heavy (non-hydrogen) atoms. The van der Waals surface area contributed by atoms with Gasteiger partial charge >= 0.3 is 0 Å². The van der Waals surface area contributed by atoms with Gasteiger partial charge in [0.2, 0.25) is 0 Å². The van der Waals surface area contributed by atoms with E-state index in [1.807, 2.05) is 0 Å². The minimum atomic E-state index is -0.764. The van der Waals surface area contributed by atoms with Crippen LogP contribution >= 0.6 is 0 Å². The van der Waals surface area contributed by atoms with Gasteiger partial charge in [-0.25, -0.2) is 0 Å². The number of ether oxygens (including phenoxy) is 1. The van der Waals surface area contributed by atoms with E-state index in [2.05, 4.69) is 0 Å². The van der Waals surface area contributed by atoms with Crippen molar-refractivity contribution >= 4 is 0 Å². The number of fused-ring (bicyclic) bond motifs is 1. The summed E-state index contributed by atoms with van der Waals surface area (Å²) in [6.45, 7) is 0. The Morgan fingerprint density at radius 3 is 2.14 bits per heavy atom. The van der Waals surface area contributed by atoms with Crippen LogP contribution in [0, 0.1) is 11.8 Å². The van der Waals surface area contributed by atoms with Crippen molar-refractivity contribution in [2.75, 3.05) is 0 Å². The van der Waals surface area contributed by atoms with Gasteiger partial charge in [-0.2, -0.15) is 0 Å². The molecule has 1 aliphatic heterocycles. The molecule has 2 saturated carbocycles. The third kappa shape index (κ3) is 3.11. The maximum atomic E-state index is 10.4. The summed E-state index contributed by atoms with van der Waals surface area (Å²) in [6.07, 6.45) is -0.976. The highest BCUT2D eigenvalue weighted by Crippen LogP contribution is 2.41. The smallest absolute Gasteiger partial charge is 0.0867 e. The molecule has 9 unspecified atom stereocenters. The lowest BCUT2D eigenvalue weighted by Gasteiger charge is -2.48. The van der Waals surface area contributed by atoms with E-state index in [4.69, 9.17) is 4.74 Å². The van der Waals surface area contributed by atoms with Crippen molar-refractivity contribution in [2.45, 2.75) is 81.3 Å². The van der Waals surface area contributed by atoms with Crippen molar-refractivity contribution in [3.05, 3.63) is 0 Å². The average molecular weight is 302 g/mol. The van der Waals surface area contributed by atoms with Gasteiger partial charge in [0.25, 0.3) is 0 Å². The lowest BCUT2D eigenvalue weighted by Crippen LogP contribution is -2.55. The molecule has 1 heterocycles. The molecule has 0 bridgehead atoms. The van der Waals surface area contributed by atoms with Gasteiger partial charge in [0.15, 0.2) is 0 Å². The van der Waals surface area contributed by atoms with E-state index in [9.17, 15) is 25.5 Å². The first-order valence-electron chi connectivity index (χ1n) is 8.01. The zero-order valence-corrected chi connectivity index (χ0v) is 12.1. The predicted molar refractivity (Wildman–Crippen MR) is 73.4 cm³/mol. The van der Waals surface area contributed by atoms with Crippen LogP contribution in [0.1, 0.15) is 38.5 Å². The van der Waals surface area contributed by atoms with E-state index >= 15 is 0 Å². The van der Waals surface area contributed by atoms with Crippen molar-refractivity contribution in [1.29, 1.82) is 0 Å². The maximum Gasteiger partial charge on any atom is 0.0867 e. The maximum absolute atomic E-state index is 10.4. The summed E-state index contributed by atoms with van der Waals surface area (Å²) in [5, 5.41) is 49.6. The van der Waals surface area contributed by atoms with Crippen LogP contribution in [0.3, 0.4) is 0 Å². The topological polar surface area (TPSA) is 110 Å². The van der Waals surface area contributed by atoms with E-state index < -0.39 is 30.5 Å². The first-order chi connectivity index (χ1) is 9.95. The number of rotatable bonds is 1. The van der Waals surface area contributed by atoms with Crippen molar-refractivity contribution in [2.24, 2.45) is 11.8 Å². The molecule has 3 fully saturated rings. The fourth-order valence-electron chi connectivity index (χ4n) is 4.30. The summed E-state index contributed by atoms with van der Waals surface area (Å²) in [7, 11) is 0. The summed E-state index contributed by atoms with van der Waals surface area (Å²) >= 11 is 0. The van der Waals surface area contributed by atoms with Crippen LogP contribution in [0.2, 0.25) is 0 Å².